The van der Waals surface area contributed by atoms with Crippen molar-refractivity contribution < 1.29 is 9.53 Å². The van der Waals surface area contributed by atoms with Crippen molar-refractivity contribution in [3.8, 4) is 5.75 Å². The van der Waals surface area contributed by atoms with Gasteiger partial charge in [-0.2, -0.15) is 0 Å². The highest BCUT2D eigenvalue weighted by Gasteiger charge is 2.29. The molecule has 0 heterocycles. The number of amides is 1. The first-order chi connectivity index (χ1) is 11.1. The summed E-state index contributed by atoms with van der Waals surface area (Å²) in [6, 6.07) is 15.6. The Morgan fingerprint density at radius 1 is 1.26 bits per heavy atom. The second kappa shape index (κ2) is 7.18. The minimum atomic E-state index is -0.0609. The van der Waals surface area contributed by atoms with Crippen LogP contribution in [0, 0.1) is 5.92 Å². The first kappa shape index (κ1) is 16.1. The van der Waals surface area contributed by atoms with Crippen molar-refractivity contribution in [2.75, 3.05) is 0 Å². The van der Waals surface area contributed by atoms with Crippen LogP contribution < -0.4 is 10.1 Å². The van der Waals surface area contributed by atoms with Gasteiger partial charge in [-0.15, -0.1) is 0 Å². The summed E-state index contributed by atoms with van der Waals surface area (Å²) in [5, 5.41) is 3.08. The van der Waals surface area contributed by atoms with Crippen LogP contribution in [0.25, 0.3) is 0 Å². The molecule has 0 saturated heterocycles. The van der Waals surface area contributed by atoms with Crippen LogP contribution in [0.5, 0.6) is 5.75 Å². The third-order valence-electron chi connectivity index (χ3n) is 4.10. The summed E-state index contributed by atoms with van der Waals surface area (Å²) in [5.74, 6) is 1.19. The molecular weight excluding hydrogens is 354 g/mol. The Morgan fingerprint density at radius 2 is 2.04 bits per heavy atom. The van der Waals surface area contributed by atoms with E-state index in [0.717, 1.165) is 10.0 Å². The normalized spacial score (nSPS) is 15.0. The molecule has 1 saturated carbocycles. The zero-order valence-electron chi connectivity index (χ0n) is 13.1. The van der Waals surface area contributed by atoms with Crippen molar-refractivity contribution in [3.63, 3.8) is 0 Å². The van der Waals surface area contributed by atoms with Gasteiger partial charge in [0.1, 0.15) is 12.4 Å². The number of halogens is 1. The summed E-state index contributed by atoms with van der Waals surface area (Å²) < 4.78 is 6.89. The molecule has 0 aromatic heterocycles. The minimum Gasteiger partial charge on any atom is -0.488 e. The highest BCUT2D eigenvalue weighted by atomic mass is 79.9. The average Bonchev–Trinajstić information content (AvgIpc) is 3.38. The molecule has 2 aromatic rings. The van der Waals surface area contributed by atoms with E-state index in [0.29, 0.717) is 23.8 Å². The van der Waals surface area contributed by atoms with Gasteiger partial charge in [-0.3, -0.25) is 4.79 Å². The molecule has 1 aliphatic carbocycles. The minimum absolute atomic E-state index is 0.0609. The van der Waals surface area contributed by atoms with Gasteiger partial charge in [0.05, 0.1) is 5.56 Å². The van der Waals surface area contributed by atoms with E-state index >= 15 is 0 Å². The van der Waals surface area contributed by atoms with Gasteiger partial charge in [0.2, 0.25) is 0 Å². The summed E-state index contributed by atoms with van der Waals surface area (Å²) >= 11 is 3.45. The first-order valence-electron chi connectivity index (χ1n) is 7.90. The SMILES string of the molecule is CC(NC(=O)c1ccccc1OCc1cccc(Br)c1)C1CC1. The molecule has 23 heavy (non-hydrogen) atoms. The third kappa shape index (κ3) is 4.35. The van der Waals surface area contributed by atoms with Gasteiger partial charge >= 0.3 is 0 Å². The van der Waals surface area contributed by atoms with Gasteiger partial charge in [0, 0.05) is 10.5 Å². The van der Waals surface area contributed by atoms with E-state index < -0.39 is 0 Å². The number of ether oxygens (including phenoxy) is 1. The van der Waals surface area contributed by atoms with Crippen LogP contribution in [0.15, 0.2) is 53.0 Å². The maximum absolute atomic E-state index is 12.5. The molecule has 0 aliphatic heterocycles. The predicted molar refractivity (Wildman–Crippen MR) is 94.6 cm³/mol. The second-order valence-electron chi connectivity index (χ2n) is 6.01. The van der Waals surface area contributed by atoms with Crippen LogP contribution in [0.4, 0.5) is 0 Å². The monoisotopic (exact) mass is 373 g/mol. The number of carbonyl (C=O) groups excluding carboxylic acids is 1. The summed E-state index contributed by atoms with van der Waals surface area (Å²) in [6.07, 6.45) is 2.42. The quantitative estimate of drug-likeness (QED) is 0.805. The molecule has 0 bridgehead atoms. The molecular formula is C19H20BrNO2. The van der Waals surface area contributed by atoms with E-state index in [-0.39, 0.29) is 11.9 Å². The molecule has 1 aliphatic rings. The Kier molecular flexibility index (Phi) is 5.01. The zero-order valence-corrected chi connectivity index (χ0v) is 14.7. The van der Waals surface area contributed by atoms with Crippen LogP contribution in [-0.4, -0.2) is 11.9 Å². The van der Waals surface area contributed by atoms with Gasteiger partial charge in [-0.25, -0.2) is 0 Å². The van der Waals surface area contributed by atoms with Gasteiger partial charge in [0.25, 0.3) is 5.91 Å². The van der Waals surface area contributed by atoms with Gasteiger partial charge in [-0.05, 0) is 55.5 Å². The Hall–Kier alpha value is -1.81. The predicted octanol–water partition coefficient (Wildman–Crippen LogP) is 4.56. The number of carbonyl (C=O) groups is 1. The van der Waals surface area contributed by atoms with E-state index in [2.05, 4.69) is 28.2 Å². The molecule has 1 N–H and O–H groups in total. The smallest absolute Gasteiger partial charge is 0.255 e. The number of nitrogens with one attached hydrogen (secondary N) is 1. The fraction of sp³-hybridized carbons (Fsp3) is 0.316. The molecule has 0 radical (unpaired) electrons. The van der Waals surface area contributed by atoms with Gasteiger partial charge < -0.3 is 10.1 Å². The first-order valence-corrected chi connectivity index (χ1v) is 8.70. The highest BCUT2D eigenvalue weighted by Crippen LogP contribution is 2.32. The molecule has 3 rings (SSSR count). The van der Waals surface area contributed by atoms with Crippen LogP contribution >= 0.6 is 15.9 Å². The lowest BCUT2D eigenvalue weighted by Crippen LogP contribution is -2.34. The van der Waals surface area contributed by atoms with Crippen molar-refractivity contribution in [1.82, 2.24) is 5.32 Å². The largest absolute Gasteiger partial charge is 0.488 e. The van der Waals surface area contributed by atoms with E-state index in [4.69, 9.17) is 4.74 Å². The third-order valence-corrected chi connectivity index (χ3v) is 4.60. The fourth-order valence-electron chi connectivity index (χ4n) is 2.57. The van der Waals surface area contributed by atoms with Crippen LogP contribution in [0.2, 0.25) is 0 Å². The topological polar surface area (TPSA) is 38.3 Å². The van der Waals surface area contributed by atoms with Crippen LogP contribution in [0.3, 0.4) is 0 Å². The van der Waals surface area contributed by atoms with Crippen LogP contribution in [-0.2, 0) is 6.61 Å². The number of rotatable bonds is 6. The fourth-order valence-corrected chi connectivity index (χ4v) is 3.01. The highest BCUT2D eigenvalue weighted by molar-refractivity contribution is 9.10. The van der Waals surface area contributed by atoms with E-state index in [1.807, 2.05) is 48.5 Å². The van der Waals surface area contributed by atoms with Gasteiger partial charge in [0.15, 0.2) is 0 Å². The van der Waals surface area contributed by atoms with Crippen molar-refractivity contribution in [2.24, 2.45) is 5.92 Å². The lowest BCUT2D eigenvalue weighted by Gasteiger charge is -2.15. The van der Waals surface area contributed by atoms with Crippen molar-refractivity contribution >= 4 is 21.8 Å². The molecule has 1 amide bonds. The molecule has 120 valence electrons. The number of benzene rings is 2. The summed E-state index contributed by atoms with van der Waals surface area (Å²) in [7, 11) is 0. The molecule has 4 heteroatoms. The number of hydrogen-bond acceptors (Lipinski definition) is 2. The Balaban J connectivity index is 1.68. The lowest BCUT2D eigenvalue weighted by molar-refractivity contribution is 0.0931. The summed E-state index contributed by atoms with van der Waals surface area (Å²) in [6.45, 7) is 2.50. The van der Waals surface area contributed by atoms with Gasteiger partial charge in [-0.1, -0.05) is 40.2 Å². The number of hydrogen-bond donors (Lipinski definition) is 1. The molecule has 3 nitrogen and oxygen atoms in total. The van der Waals surface area contributed by atoms with Crippen molar-refractivity contribution in [2.45, 2.75) is 32.4 Å². The van der Waals surface area contributed by atoms with E-state index in [9.17, 15) is 4.79 Å². The summed E-state index contributed by atoms with van der Waals surface area (Å²) in [5.41, 5.74) is 1.65. The number of para-hydroxylation sites is 1. The van der Waals surface area contributed by atoms with Crippen molar-refractivity contribution in [1.29, 1.82) is 0 Å². The Morgan fingerprint density at radius 3 is 2.78 bits per heavy atom. The molecule has 1 unspecified atom stereocenters. The molecule has 1 fully saturated rings. The van der Waals surface area contributed by atoms with Crippen molar-refractivity contribution in [3.05, 3.63) is 64.1 Å². The van der Waals surface area contributed by atoms with Crippen LogP contribution in [0.1, 0.15) is 35.7 Å². The molecule has 1 atom stereocenters. The average molecular weight is 374 g/mol. The Labute approximate surface area is 145 Å². The lowest BCUT2D eigenvalue weighted by atomic mass is 10.1. The summed E-state index contributed by atoms with van der Waals surface area (Å²) in [4.78, 5) is 12.5. The van der Waals surface area contributed by atoms with E-state index in [1.54, 1.807) is 0 Å². The Bertz CT molecular complexity index is 697. The second-order valence-corrected chi connectivity index (χ2v) is 6.93. The molecule has 0 spiro atoms. The molecule has 2 aromatic carbocycles. The zero-order chi connectivity index (χ0) is 16.2. The maximum Gasteiger partial charge on any atom is 0.255 e. The van der Waals surface area contributed by atoms with E-state index in [1.165, 1.54) is 12.8 Å². The standard InChI is InChI=1S/C19H20BrNO2/c1-13(15-9-10-15)21-19(22)17-7-2-3-8-18(17)23-12-14-5-4-6-16(20)11-14/h2-8,11,13,15H,9-10,12H2,1H3,(H,21,22). The maximum atomic E-state index is 12.5.